The van der Waals surface area contributed by atoms with Gasteiger partial charge in [0.2, 0.25) is 0 Å². The highest BCUT2D eigenvalue weighted by atomic mass is 32.1. The average molecular weight is 712 g/mol. The van der Waals surface area contributed by atoms with E-state index in [0.29, 0.717) is 0 Å². The Morgan fingerprint density at radius 1 is 0.434 bits per heavy atom. The lowest BCUT2D eigenvalue weighted by Crippen LogP contribution is -1.97. The van der Waals surface area contributed by atoms with Gasteiger partial charge in [0, 0.05) is 63.8 Å². The second kappa shape index (κ2) is 12.1. The lowest BCUT2D eigenvalue weighted by molar-refractivity contribution is 1.10. The molecule has 0 unspecified atom stereocenters. The maximum absolute atomic E-state index is 5.33. The van der Waals surface area contributed by atoms with E-state index in [1.165, 1.54) is 51.8 Å². The number of hydrogen-bond donors (Lipinski definition) is 0. The zero-order valence-corrected chi connectivity index (χ0v) is 30.0. The van der Waals surface area contributed by atoms with E-state index in [1.54, 1.807) is 0 Å². The summed E-state index contributed by atoms with van der Waals surface area (Å²) in [7, 11) is 0. The lowest BCUT2D eigenvalue weighted by Gasteiger charge is -2.12. The molecule has 0 aliphatic carbocycles. The van der Waals surface area contributed by atoms with Crippen LogP contribution in [0.25, 0.3) is 102 Å². The molecule has 0 N–H and O–H groups in total. The van der Waals surface area contributed by atoms with Crippen LogP contribution in [0.1, 0.15) is 0 Å². The average Bonchev–Trinajstić information content (AvgIpc) is 3.93. The van der Waals surface area contributed by atoms with Crippen molar-refractivity contribution in [3.8, 4) is 49.9 Å². The van der Waals surface area contributed by atoms with E-state index in [1.807, 2.05) is 22.7 Å². The first-order chi connectivity index (χ1) is 26.3. The minimum absolute atomic E-state index is 0.926. The van der Waals surface area contributed by atoms with Crippen molar-refractivity contribution < 1.29 is 0 Å². The number of thiophene rings is 2. The van der Waals surface area contributed by atoms with E-state index in [0.717, 1.165) is 50.3 Å². The van der Waals surface area contributed by atoms with Crippen LogP contribution in [0.15, 0.2) is 176 Å². The molecule has 0 radical (unpaired) electrons. The van der Waals surface area contributed by atoms with Crippen molar-refractivity contribution in [2.45, 2.75) is 0 Å². The van der Waals surface area contributed by atoms with E-state index in [2.05, 4.69) is 180 Å². The van der Waals surface area contributed by atoms with Crippen molar-refractivity contribution in [3.63, 3.8) is 0 Å². The Morgan fingerprint density at radius 2 is 1.09 bits per heavy atom. The Morgan fingerprint density at radius 3 is 1.92 bits per heavy atom. The molecule has 4 heterocycles. The zero-order chi connectivity index (χ0) is 34.9. The number of fused-ring (bicyclic) bond motifs is 7. The fraction of sp³-hybridized carbons (Fsp3) is 0. The predicted molar refractivity (Wildman–Crippen MR) is 226 cm³/mol. The van der Waals surface area contributed by atoms with Crippen molar-refractivity contribution >= 4 is 74.9 Å². The van der Waals surface area contributed by atoms with Gasteiger partial charge >= 0.3 is 0 Å². The summed E-state index contributed by atoms with van der Waals surface area (Å²) in [5.74, 6) is 0.926. The van der Waals surface area contributed by atoms with Gasteiger partial charge < -0.3 is 0 Å². The molecule has 4 aromatic heterocycles. The van der Waals surface area contributed by atoms with Gasteiger partial charge in [-0.2, -0.15) is 0 Å². The molecule has 5 heteroatoms. The minimum atomic E-state index is 0.926. The number of pyridine rings is 1. The molecule has 0 aliphatic rings. The highest BCUT2D eigenvalue weighted by Crippen LogP contribution is 2.52. The van der Waals surface area contributed by atoms with Crippen LogP contribution in [0.4, 0.5) is 0 Å². The molecule has 11 aromatic rings. The Kier molecular flexibility index (Phi) is 6.90. The number of benzene rings is 7. The SMILES string of the molecule is c1ccc(-c2nc3ccccc3c3c(-c4ccc(-c5nc6ccccc6n5-c5ccccc5)cc4)c(-c4cccc5c4sc4ccccc45)sc23)cc1. The van der Waals surface area contributed by atoms with Crippen LogP contribution in [0, 0.1) is 0 Å². The largest absolute Gasteiger partial charge is 0.292 e. The molecule has 0 amide bonds. The van der Waals surface area contributed by atoms with Crippen LogP contribution in [0.5, 0.6) is 0 Å². The van der Waals surface area contributed by atoms with Gasteiger partial charge in [-0.25, -0.2) is 9.97 Å². The molecular formula is C48H29N3S2. The second-order valence-corrected chi connectivity index (χ2v) is 15.4. The first-order valence-electron chi connectivity index (χ1n) is 17.8. The smallest absolute Gasteiger partial charge is 0.145 e. The summed E-state index contributed by atoms with van der Waals surface area (Å²) in [6, 6.07) is 62.8. The molecule has 0 bridgehead atoms. The third-order valence-electron chi connectivity index (χ3n) is 10.2. The van der Waals surface area contributed by atoms with Crippen LogP contribution in [-0.2, 0) is 0 Å². The third kappa shape index (κ3) is 4.78. The fourth-order valence-electron chi connectivity index (χ4n) is 7.84. The summed E-state index contributed by atoms with van der Waals surface area (Å²) >= 11 is 3.75. The van der Waals surface area contributed by atoms with E-state index in [9.17, 15) is 0 Å². The van der Waals surface area contributed by atoms with Crippen molar-refractivity contribution in [1.82, 2.24) is 14.5 Å². The van der Waals surface area contributed by atoms with Crippen LogP contribution in [-0.4, -0.2) is 14.5 Å². The number of aromatic nitrogens is 3. The molecule has 0 spiro atoms. The number of hydrogen-bond acceptors (Lipinski definition) is 4. The Bertz CT molecular complexity index is 3150. The fourth-order valence-corrected chi connectivity index (χ4v) is 10.5. The first kappa shape index (κ1) is 30.2. The van der Waals surface area contributed by atoms with E-state index in [-0.39, 0.29) is 0 Å². The highest BCUT2D eigenvalue weighted by Gasteiger charge is 2.24. The Balaban J connectivity index is 1.20. The molecule has 0 atom stereocenters. The number of imidazole rings is 1. The molecule has 0 fully saturated rings. The van der Waals surface area contributed by atoms with Crippen LogP contribution in [0.2, 0.25) is 0 Å². The van der Waals surface area contributed by atoms with Crippen LogP contribution >= 0.6 is 22.7 Å². The summed E-state index contributed by atoms with van der Waals surface area (Å²) in [5.41, 5.74) is 11.0. The number of rotatable bonds is 5. The van der Waals surface area contributed by atoms with Crippen LogP contribution < -0.4 is 0 Å². The third-order valence-corrected chi connectivity index (χ3v) is 12.7. The standard InChI is InChI=1S/C48H29N3S2/c1-3-14-31(15-4-1)44-47-43(36-19-7-9-22-38(36)49-44)42(46(53-47)37-21-13-20-35-34-18-8-12-25-41(34)52-45(35)37)30-26-28-32(29-27-30)48-50-39-23-10-11-24-40(39)51(48)33-16-5-2-6-17-33/h1-29H. The zero-order valence-electron chi connectivity index (χ0n) is 28.4. The van der Waals surface area contributed by atoms with Gasteiger partial charge in [-0.15, -0.1) is 22.7 Å². The van der Waals surface area contributed by atoms with E-state index >= 15 is 0 Å². The summed E-state index contributed by atoms with van der Waals surface area (Å²) < 4.78 is 6.09. The summed E-state index contributed by atoms with van der Waals surface area (Å²) in [5, 5.41) is 5.02. The maximum atomic E-state index is 5.33. The lowest BCUT2D eigenvalue weighted by atomic mass is 9.94. The Hall–Kier alpha value is -6.40. The highest BCUT2D eigenvalue weighted by molar-refractivity contribution is 7.27. The topological polar surface area (TPSA) is 30.7 Å². The Labute approximate surface area is 313 Å². The van der Waals surface area contributed by atoms with Gasteiger partial charge in [0.25, 0.3) is 0 Å². The number of nitrogens with zero attached hydrogens (tertiary/aromatic N) is 3. The van der Waals surface area contributed by atoms with Gasteiger partial charge in [-0.1, -0.05) is 140 Å². The van der Waals surface area contributed by atoms with E-state index in [4.69, 9.17) is 9.97 Å². The minimum Gasteiger partial charge on any atom is -0.292 e. The van der Waals surface area contributed by atoms with Gasteiger partial charge in [0.15, 0.2) is 0 Å². The van der Waals surface area contributed by atoms with Gasteiger partial charge in [0.05, 0.1) is 26.9 Å². The molecule has 248 valence electrons. The van der Waals surface area contributed by atoms with Crippen molar-refractivity contribution in [2.24, 2.45) is 0 Å². The second-order valence-electron chi connectivity index (χ2n) is 13.3. The molecule has 11 rings (SSSR count). The predicted octanol–water partition coefficient (Wildman–Crippen LogP) is 13.8. The summed E-state index contributed by atoms with van der Waals surface area (Å²) in [4.78, 5) is 11.8. The monoisotopic (exact) mass is 711 g/mol. The normalized spacial score (nSPS) is 11.8. The summed E-state index contributed by atoms with van der Waals surface area (Å²) in [6.45, 7) is 0. The van der Waals surface area contributed by atoms with Crippen molar-refractivity contribution in [1.29, 1.82) is 0 Å². The molecule has 0 aliphatic heterocycles. The van der Waals surface area contributed by atoms with Crippen molar-refractivity contribution in [2.75, 3.05) is 0 Å². The quantitative estimate of drug-likeness (QED) is 0.178. The van der Waals surface area contributed by atoms with Gasteiger partial charge in [-0.05, 0) is 42.0 Å². The van der Waals surface area contributed by atoms with Crippen molar-refractivity contribution in [3.05, 3.63) is 176 Å². The van der Waals surface area contributed by atoms with Gasteiger partial charge in [0.1, 0.15) is 5.82 Å². The van der Waals surface area contributed by atoms with Gasteiger partial charge in [-0.3, -0.25) is 4.57 Å². The molecule has 53 heavy (non-hydrogen) atoms. The number of para-hydroxylation sites is 4. The molecule has 0 saturated heterocycles. The maximum Gasteiger partial charge on any atom is 0.145 e. The molecule has 0 saturated carbocycles. The van der Waals surface area contributed by atoms with E-state index < -0.39 is 0 Å². The summed E-state index contributed by atoms with van der Waals surface area (Å²) in [6.07, 6.45) is 0. The molecule has 3 nitrogen and oxygen atoms in total. The molecule has 7 aromatic carbocycles. The molecular weight excluding hydrogens is 683 g/mol. The van der Waals surface area contributed by atoms with Crippen LogP contribution in [0.3, 0.4) is 0 Å². The first-order valence-corrected chi connectivity index (χ1v) is 19.4.